The molecule has 1 saturated heterocycles. The van der Waals surface area contributed by atoms with Crippen LogP contribution in [0.25, 0.3) is 0 Å². The minimum atomic E-state index is -0.485. The van der Waals surface area contributed by atoms with Crippen LogP contribution in [-0.2, 0) is 9.59 Å². The van der Waals surface area contributed by atoms with Gasteiger partial charge in [-0.2, -0.15) is 0 Å². The summed E-state index contributed by atoms with van der Waals surface area (Å²) < 4.78 is 0. The van der Waals surface area contributed by atoms with Gasteiger partial charge in [0.15, 0.2) is 11.0 Å². The lowest BCUT2D eigenvalue weighted by Crippen LogP contribution is -2.35. The fourth-order valence-corrected chi connectivity index (χ4v) is 4.68. The highest BCUT2D eigenvalue weighted by atomic mass is 32.2. The smallest absolute Gasteiger partial charge is 0.242 e. The number of ketones is 1. The molecule has 7 heteroatoms. The van der Waals surface area contributed by atoms with Gasteiger partial charge in [-0.05, 0) is 75.1 Å². The normalized spacial score (nSPS) is 19.7. The summed E-state index contributed by atoms with van der Waals surface area (Å²) in [5.74, 6) is -0.301. The number of benzene rings is 2. The molecule has 1 N–H and O–H groups in total. The second-order valence-electron chi connectivity index (χ2n) is 8.12. The molecule has 6 nitrogen and oxygen atoms in total. The van der Waals surface area contributed by atoms with E-state index in [2.05, 4.69) is 5.32 Å². The van der Waals surface area contributed by atoms with Crippen LogP contribution in [0.2, 0.25) is 0 Å². The van der Waals surface area contributed by atoms with Crippen LogP contribution in [0.15, 0.2) is 47.5 Å². The maximum atomic E-state index is 13.1. The lowest BCUT2D eigenvalue weighted by atomic mass is 10.1. The van der Waals surface area contributed by atoms with E-state index in [0.717, 1.165) is 29.7 Å². The topological polar surface area (TPSA) is 78.8 Å². The number of nitrogens with one attached hydrogen (secondary N) is 1. The van der Waals surface area contributed by atoms with Crippen LogP contribution in [0, 0.1) is 13.8 Å². The molecular weight excluding hydrogens is 410 g/mol. The predicted octanol–water partition coefficient (Wildman–Crippen LogP) is 4.63. The number of anilines is 1. The minimum absolute atomic E-state index is 0.0262. The molecule has 31 heavy (non-hydrogen) atoms. The number of carbonyl (C=O) groups is 3. The summed E-state index contributed by atoms with van der Waals surface area (Å²) in [6.45, 7) is 5.52. The summed E-state index contributed by atoms with van der Waals surface area (Å²) in [5.41, 5.74) is 4.22. The van der Waals surface area contributed by atoms with Crippen molar-refractivity contribution in [3.05, 3.63) is 59.2 Å². The van der Waals surface area contributed by atoms with E-state index >= 15 is 0 Å². The Bertz CT molecular complexity index is 1070. The molecule has 2 fully saturated rings. The van der Waals surface area contributed by atoms with E-state index < -0.39 is 5.25 Å². The number of rotatable bonds is 6. The van der Waals surface area contributed by atoms with Gasteiger partial charge in [0.05, 0.1) is 5.69 Å². The van der Waals surface area contributed by atoms with E-state index in [1.54, 1.807) is 29.2 Å². The molecule has 2 amide bonds. The third-order valence-corrected chi connectivity index (χ3v) is 6.56. The first-order valence-corrected chi connectivity index (χ1v) is 11.3. The quantitative estimate of drug-likeness (QED) is 0.671. The summed E-state index contributed by atoms with van der Waals surface area (Å²) >= 11 is 1.37. The molecule has 1 aliphatic carbocycles. The number of nitrogens with zero attached hydrogens (tertiary/aromatic N) is 2. The number of Topliss-reactive ketones (excluding diaryl/α,β-unsaturated/α-hetero) is 1. The number of amides is 2. The van der Waals surface area contributed by atoms with Crippen LogP contribution in [0.3, 0.4) is 0 Å². The van der Waals surface area contributed by atoms with Crippen molar-refractivity contribution in [1.82, 2.24) is 4.90 Å². The van der Waals surface area contributed by atoms with Crippen LogP contribution < -0.4 is 5.32 Å². The highest BCUT2D eigenvalue weighted by molar-refractivity contribution is 8.15. The molecule has 0 spiro atoms. The Morgan fingerprint density at radius 1 is 1.13 bits per heavy atom. The van der Waals surface area contributed by atoms with Gasteiger partial charge in [0.2, 0.25) is 11.8 Å². The van der Waals surface area contributed by atoms with E-state index in [-0.39, 0.29) is 30.1 Å². The molecule has 0 radical (unpaired) electrons. The Labute approximate surface area is 186 Å². The van der Waals surface area contributed by atoms with Gasteiger partial charge in [0.1, 0.15) is 5.25 Å². The average Bonchev–Trinajstić information content (AvgIpc) is 3.51. The maximum Gasteiger partial charge on any atom is 0.242 e. The molecule has 2 aliphatic rings. The molecule has 0 aromatic heterocycles. The van der Waals surface area contributed by atoms with Gasteiger partial charge in [-0.1, -0.05) is 23.9 Å². The largest absolute Gasteiger partial charge is 0.326 e. The second kappa shape index (κ2) is 8.67. The van der Waals surface area contributed by atoms with Crippen molar-refractivity contribution in [2.75, 3.05) is 5.32 Å². The van der Waals surface area contributed by atoms with Crippen molar-refractivity contribution in [1.29, 1.82) is 0 Å². The van der Waals surface area contributed by atoms with E-state index in [1.165, 1.54) is 18.7 Å². The Hall–Kier alpha value is -2.93. The van der Waals surface area contributed by atoms with Crippen molar-refractivity contribution in [3.8, 4) is 0 Å². The highest BCUT2D eigenvalue weighted by Crippen LogP contribution is 2.40. The van der Waals surface area contributed by atoms with Crippen molar-refractivity contribution in [2.24, 2.45) is 4.99 Å². The molecule has 1 heterocycles. The lowest BCUT2D eigenvalue weighted by Gasteiger charge is -2.15. The Morgan fingerprint density at radius 3 is 2.48 bits per heavy atom. The first kappa shape index (κ1) is 21.3. The van der Waals surface area contributed by atoms with Crippen molar-refractivity contribution < 1.29 is 14.4 Å². The lowest BCUT2D eigenvalue weighted by molar-refractivity contribution is -0.128. The maximum absolute atomic E-state index is 13.1. The van der Waals surface area contributed by atoms with Gasteiger partial charge in [-0.15, -0.1) is 0 Å². The molecule has 4 rings (SSSR count). The number of aliphatic imine (C=N–C) groups is 1. The number of amidine groups is 1. The average molecular weight is 436 g/mol. The van der Waals surface area contributed by atoms with Gasteiger partial charge in [0, 0.05) is 23.7 Å². The standard InChI is InChI=1S/C24H25N3O3S/c1-14-4-5-15(2)20(12-14)26-24-27(19-10-11-19)23(30)21(31-24)13-22(29)25-18-8-6-17(7-9-18)16(3)28/h4-9,12,19,21H,10-11,13H2,1-3H3,(H,25,29). The molecular formula is C24H25N3O3S. The first-order valence-electron chi connectivity index (χ1n) is 10.4. The Balaban J connectivity index is 1.48. The monoisotopic (exact) mass is 435 g/mol. The second-order valence-corrected chi connectivity index (χ2v) is 9.29. The van der Waals surface area contributed by atoms with E-state index in [1.807, 2.05) is 32.0 Å². The van der Waals surface area contributed by atoms with Gasteiger partial charge in [-0.25, -0.2) is 4.99 Å². The zero-order valence-electron chi connectivity index (χ0n) is 17.8. The SMILES string of the molecule is CC(=O)c1ccc(NC(=O)CC2SC(=Nc3cc(C)ccc3C)N(C3CC3)C2=O)cc1. The zero-order valence-corrected chi connectivity index (χ0v) is 18.7. The summed E-state index contributed by atoms with van der Waals surface area (Å²) in [6, 6.07) is 13.0. The Morgan fingerprint density at radius 2 is 1.84 bits per heavy atom. The van der Waals surface area contributed by atoms with E-state index in [4.69, 9.17) is 4.99 Å². The van der Waals surface area contributed by atoms with Gasteiger partial charge in [-0.3, -0.25) is 19.3 Å². The van der Waals surface area contributed by atoms with Crippen molar-refractivity contribution in [3.63, 3.8) is 0 Å². The number of carbonyl (C=O) groups excluding carboxylic acids is 3. The summed E-state index contributed by atoms with van der Waals surface area (Å²) in [4.78, 5) is 43.6. The van der Waals surface area contributed by atoms with Crippen molar-refractivity contribution in [2.45, 2.75) is 51.3 Å². The van der Waals surface area contributed by atoms with Crippen LogP contribution in [-0.4, -0.2) is 39.0 Å². The van der Waals surface area contributed by atoms with Gasteiger partial charge < -0.3 is 5.32 Å². The number of hydrogen-bond acceptors (Lipinski definition) is 5. The number of hydrogen-bond donors (Lipinski definition) is 1. The molecule has 1 atom stereocenters. The fourth-order valence-electron chi connectivity index (χ4n) is 3.47. The molecule has 2 aromatic carbocycles. The predicted molar refractivity (Wildman–Crippen MR) is 124 cm³/mol. The Kier molecular flexibility index (Phi) is 5.96. The molecule has 2 aromatic rings. The van der Waals surface area contributed by atoms with Crippen LogP contribution >= 0.6 is 11.8 Å². The highest BCUT2D eigenvalue weighted by Gasteiger charge is 2.46. The molecule has 1 aliphatic heterocycles. The van der Waals surface area contributed by atoms with E-state index in [0.29, 0.717) is 16.4 Å². The molecule has 1 unspecified atom stereocenters. The minimum Gasteiger partial charge on any atom is -0.326 e. The summed E-state index contributed by atoms with van der Waals surface area (Å²) in [6.07, 6.45) is 2.02. The van der Waals surface area contributed by atoms with Crippen LogP contribution in [0.5, 0.6) is 0 Å². The summed E-state index contributed by atoms with van der Waals surface area (Å²) in [7, 11) is 0. The zero-order chi connectivity index (χ0) is 22.1. The van der Waals surface area contributed by atoms with E-state index in [9.17, 15) is 14.4 Å². The third kappa shape index (κ3) is 4.88. The molecule has 0 bridgehead atoms. The third-order valence-electron chi connectivity index (χ3n) is 5.41. The van der Waals surface area contributed by atoms with Gasteiger partial charge in [0.25, 0.3) is 0 Å². The molecule has 1 saturated carbocycles. The number of aryl methyl sites for hydroxylation is 2. The number of thioether (sulfide) groups is 1. The van der Waals surface area contributed by atoms with Gasteiger partial charge >= 0.3 is 0 Å². The molecule has 160 valence electrons. The van der Waals surface area contributed by atoms with Crippen LogP contribution in [0.4, 0.5) is 11.4 Å². The summed E-state index contributed by atoms with van der Waals surface area (Å²) in [5, 5.41) is 3.02. The fraction of sp³-hybridized carbons (Fsp3) is 0.333. The van der Waals surface area contributed by atoms with Crippen LogP contribution in [0.1, 0.15) is 47.7 Å². The van der Waals surface area contributed by atoms with Crippen molar-refractivity contribution >= 4 is 45.9 Å². The first-order chi connectivity index (χ1) is 14.8.